The third kappa shape index (κ3) is 2.13. The molecular formula is C7H3BrCl2FNO. The minimum atomic E-state index is -0.716. The van der Waals surface area contributed by atoms with Crippen LogP contribution < -0.4 is 5.32 Å². The van der Waals surface area contributed by atoms with Crippen molar-refractivity contribution in [3.63, 3.8) is 0 Å². The van der Waals surface area contributed by atoms with E-state index in [0.29, 0.717) is 12.1 Å². The van der Waals surface area contributed by atoms with Crippen LogP contribution in [0.15, 0.2) is 10.5 Å². The second kappa shape index (κ2) is 4.26. The molecule has 0 aliphatic heterocycles. The van der Waals surface area contributed by atoms with Crippen LogP contribution in [-0.2, 0) is 4.79 Å². The average Bonchev–Trinajstić information content (AvgIpc) is 2.11. The van der Waals surface area contributed by atoms with Crippen molar-refractivity contribution in [2.24, 2.45) is 0 Å². The third-order valence-electron chi connectivity index (χ3n) is 1.32. The summed E-state index contributed by atoms with van der Waals surface area (Å²) in [5, 5.41) is 2.02. The van der Waals surface area contributed by atoms with Gasteiger partial charge >= 0.3 is 0 Å². The molecule has 0 atom stereocenters. The number of nitrogens with one attached hydrogen (secondary N) is 1. The Balaban J connectivity index is 3.31. The number of halogens is 4. The molecule has 0 spiro atoms. The highest BCUT2D eigenvalue weighted by molar-refractivity contribution is 9.10. The van der Waals surface area contributed by atoms with Gasteiger partial charge in [0.2, 0.25) is 6.41 Å². The first-order valence-electron chi connectivity index (χ1n) is 3.11. The smallest absolute Gasteiger partial charge is 0.211 e. The van der Waals surface area contributed by atoms with E-state index in [4.69, 9.17) is 23.2 Å². The fourth-order valence-corrected chi connectivity index (χ4v) is 1.60. The molecule has 13 heavy (non-hydrogen) atoms. The van der Waals surface area contributed by atoms with E-state index in [0.717, 1.165) is 0 Å². The van der Waals surface area contributed by atoms with Gasteiger partial charge in [-0.1, -0.05) is 23.2 Å². The van der Waals surface area contributed by atoms with Crippen molar-refractivity contribution in [2.45, 2.75) is 0 Å². The van der Waals surface area contributed by atoms with Crippen LogP contribution in [0.2, 0.25) is 10.0 Å². The molecule has 1 rings (SSSR count). The van der Waals surface area contributed by atoms with Crippen molar-refractivity contribution >= 4 is 51.2 Å². The maximum absolute atomic E-state index is 13.0. The summed E-state index contributed by atoms with van der Waals surface area (Å²) in [5.74, 6) is -0.716. The first kappa shape index (κ1) is 10.8. The van der Waals surface area contributed by atoms with E-state index in [1.54, 1.807) is 0 Å². The summed E-state index contributed by atoms with van der Waals surface area (Å²) in [7, 11) is 0. The fourth-order valence-electron chi connectivity index (χ4n) is 0.741. The maximum Gasteiger partial charge on any atom is 0.211 e. The highest BCUT2D eigenvalue weighted by atomic mass is 79.9. The SMILES string of the molecule is O=CNc1cc(Cl)c(F)c(Cl)c1Br. The maximum atomic E-state index is 13.0. The number of hydrogen-bond acceptors (Lipinski definition) is 1. The van der Waals surface area contributed by atoms with Crippen molar-refractivity contribution < 1.29 is 9.18 Å². The summed E-state index contributed by atoms with van der Waals surface area (Å²) in [6.07, 6.45) is 0.449. The molecular weight excluding hydrogens is 284 g/mol. The standard InChI is InChI=1S/C7H3BrCl2FNO/c8-5-4(12-2-13)1-3(9)7(11)6(5)10/h1-2H,(H,12,13). The number of hydrogen-bond donors (Lipinski definition) is 1. The lowest BCUT2D eigenvalue weighted by Gasteiger charge is -2.06. The average molecular weight is 287 g/mol. The van der Waals surface area contributed by atoms with Gasteiger partial charge in [-0.2, -0.15) is 0 Å². The lowest BCUT2D eigenvalue weighted by Crippen LogP contribution is -1.96. The van der Waals surface area contributed by atoms with Gasteiger partial charge in [-0.3, -0.25) is 4.79 Å². The molecule has 1 N–H and O–H groups in total. The number of rotatable bonds is 2. The van der Waals surface area contributed by atoms with E-state index >= 15 is 0 Å². The Bertz CT molecular complexity index is 359. The molecule has 0 fully saturated rings. The quantitative estimate of drug-likeness (QED) is 0.503. The zero-order valence-corrected chi connectivity index (χ0v) is 9.17. The lowest BCUT2D eigenvalue weighted by atomic mass is 10.3. The van der Waals surface area contributed by atoms with Gasteiger partial charge in [0.25, 0.3) is 0 Å². The summed E-state index contributed by atoms with van der Waals surface area (Å²) in [6, 6.07) is 1.27. The molecule has 0 unspecified atom stereocenters. The van der Waals surface area contributed by atoms with E-state index < -0.39 is 5.82 Å². The number of benzene rings is 1. The van der Waals surface area contributed by atoms with Crippen LogP contribution in [0.25, 0.3) is 0 Å². The van der Waals surface area contributed by atoms with E-state index in [2.05, 4.69) is 21.2 Å². The van der Waals surface area contributed by atoms with E-state index in [-0.39, 0.29) is 14.5 Å². The zero-order valence-electron chi connectivity index (χ0n) is 6.07. The third-order valence-corrected chi connectivity index (χ3v) is 3.00. The molecule has 0 saturated carbocycles. The molecule has 0 aliphatic rings. The van der Waals surface area contributed by atoms with Gasteiger partial charge < -0.3 is 5.32 Å². The molecule has 6 heteroatoms. The topological polar surface area (TPSA) is 29.1 Å². The van der Waals surface area contributed by atoms with Crippen LogP contribution in [-0.4, -0.2) is 6.41 Å². The van der Waals surface area contributed by atoms with E-state index in [1.807, 2.05) is 0 Å². The molecule has 0 heterocycles. The van der Waals surface area contributed by atoms with E-state index in [9.17, 15) is 9.18 Å². The summed E-state index contributed by atoms with van der Waals surface area (Å²) in [6.45, 7) is 0. The van der Waals surface area contributed by atoms with Crippen molar-refractivity contribution in [3.8, 4) is 0 Å². The molecule has 1 aromatic rings. The molecule has 0 saturated heterocycles. The molecule has 70 valence electrons. The van der Waals surface area contributed by atoms with Crippen LogP contribution >= 0.6 is 39.1 Å². The van der Waals surface area contributed by atoms with E-state index in [1.165, 1.54) is 6.07 Å². The lowest BCUT2D eigenvalue weighted by molar-refractivity contribution is -0.105. The van der Waals surface area contributed by atoms with Gasteiger partial charge in [0.05, 0.1) is 20.2 Å². The van der Waals surface area contributed by atoms with Gasteiger partial charge in [-0.15, -0.1) is 0 Å². The van der Waals surface area contributed by atoms with Gasteiger partial charge in [0, 0.05) is 0 Å². The monoisotopic (exact) mass is 285 g/mol. The number of carbonyl (C=O) groups excluding carboxylic acids is 1. The zero-order chi connectivity index (χ0) is 10.0. The molecule has 0 radical (unpaired) electrons. The number of carbonyl (C=O) groups is 1. The first-order chi connectivity index (χ1) is 6.07. The van der Waals surface area contributed by atoms with Crippen LogP contribution in [0.5, 0.6) is 0 Å². The van der Waals surface area contributed by atoms with Crippen molar-refractivity contribution in [1.29, 1.82) is 0 Å². The van der Waals surface area contributed by atoms with Crippen LogP contribution in [0.4, 0.5) is 10.1 Å². The van der Waals surface area contributed by atoms with Gasteiger partial charge in [0.1, 0.15) is 0 Å². The summed E-state index contributed by atoms with van der Waals surface area (Å²) >= 11 is 14.1. The Kier molecular flexibility index (Phi) is 3.53. The van der Waals surface area contributed by atoms with Crippen molar-refractivity contribution in [3.05, 3.63) is 26.4 Å². The number of anilines is 1. The normalized spacial score (nSPS) is 9.85. The second-order valence-corrected chi connectivity index (χ2v) is 3.69. The largest absolute Gasteiger partial charge is 0.328 e. The minimum Gasteiger partial charge on any atom is -0.328 e. The molecule has 0 bridgehead atoms. The summed E-state index contributed by atoms with van der Waals surface area (Å²) in [4.78, 5) is 10.1. The van der Waals surface area contributed by atoms with Gasteiger partial charge in [0.15, 0.2) is 5.82 Å². The molecule has 1 amide bonds. The van der Waals surface area contributed by atoms with Gasteiger partial charge in [-0.25, -0.2) is 4.39 Å². The second-order valence-electron chi connectivity index (χ2n) is 2.11. The van der Waals surface area contributed by atoms with Gasteiger partial charge in [-0.05, 0) is 22.0 Å². The summed E-state index contributed by atoms with van der Waals surface area (Å²) < 4.78 is 13.3. The Labute approximate surface area is 92.1 Å². The highest BCUT2D eigenvalue weighted by Crippen LogP contribution is 2.36. The predicted molar refractivity (Wildman–Crippen MR) is 53.8 cm³/mol. The minimum absolute atomic E-state index is 0.141. The molecule has 1 aromatic carbocycles. The van der Waals surface area contributed by atoms with Crippen molar-refractivity contribution in [2.75, 3.05) is 5.32 Å². The Morgan fingerprint density at radius 1 is 1.54 bits per heavy atom. The number of amides is 1. The Hall–Kier alpha value is -0.320. The van der Waals surface area contributed by atoms with Crippen LogP contribution in [0, 0.1) is 5.82 Å². The van der Waals surface area contributed by atoms with Crippen molar-refractivity contribution in [1.82, 2.24) is 0 Å². The first-order valence-corrected chi connectivity index (χ1v) is 4.66. The molecule has 2 nitrogen and oxygen atoms in total. The highest BCUT2D eigenvalue weighted by Gasteiger charge is 2.13. The Morgan fingerprint density at radius 2 is 2.15 bits per heavy atom. The fraction of sp³-hybridized carbons (Fsp3) is 0. The predicted octanol–water partition coefficient (Wildman–Crippen LogP) is 3.46. The Morgan fingerprint density at radius 3 is 2.69 bits per heavy atom. The van der Waals surface area contributed by atoms with Crippen LogP contribution in [0.1, 0.15) is 0 Å². The summed E-state index contributed by atoms with van der Waals surface area (Å²) in [5.41, 5.74) is 0.325. The van der Waals surface area contributed by atoms with Crippen LogP contribution in [0.3, 0.4) is 0 Å². The molecule has 0 aromatic heterocycles. The molecule has 0 aliphatic carbocycles.